The Bertz CT molecular complexity index is 840. The van der Waals surface area contributed by atoms with E-state index in [2.05, 4.69) is 15.6 Å². The molecular weight excluding hydrogens is 332 g/mol. The van der Waals surface area contributed by atoms with Crippen LogP contribution in [0.2, 0.25) is 0 Å². The number of carbonyl (C=O) groups excluding carboxylic acids is 2. The van der Waals surface area contributed by atoms with Crippen molar-refractivity contribution in [2.24, 2.45) is 0 Å². The number of para-hydroxylation sites is 1. The Hall–Kier alpha value is -2.70. The van der Waals surface area contributed by atoms with Crippen molar-refractivity contribution in [3.63, 3.8) is 0 Å². The van der Waals surface area contributed by atoms with E-state index in [1.165, 1.54) is 17.3 Å². The van der Waals surface area contributed by atoms with Gasteiger partial charge in [-0.2, -0.15) is 0 Å². The molecule has 2 aromatic rings. The summed E-state index contributed by atoms with van der Waals surface area (Å²) < 4.78 is 1.28. The molecule has 1 aliphatic carbocycles. The van der Waals surface area contributed by atoms with Crippen LogP contribution in [0.5, 0.6) is 0 Å². The van der Waals surface area contributed by atoms with Gasteiger partial charge in [-0.05, 0) is 25.0 Å². The van der Waals surface area contributed by atoms with E-state index in [0.29, 0.717) is 10.9 Å². The van der Waals surface area contributed by atoms with Gasteiger partial charge in [0.2, 0.25) is 11.8 Å². The minimum absolute atomic E-state index is 0.0401. The van der Waals surface area contributed by atoms with Gasteiger partial charge < -0.3 is 10.6 Å². The molecular formula is C19H24N4O3. The molecule has 0 unspecified atom stereocenters. The number of aromatic nitrogens is 2. The number of hydrogen-bond acceptors (Lipinski definition) is 4. The highest BCUT2D eigenvalue weighted by molar-refractivity contribution is 5.80. The van der Waals surface area contributed by atoms with Gasteiger partial charge in [0.25, 0.3) is 5.56 Å². The summed E-state index contributed by atoms with van der Waals surface area (Å²) in [6.07, 6.45) is 7.26. The molecule has 1 aromatic carbocycles. The fourth-order valence-corrected chi connectivity index (χ4v) is 3.29. The second-order valence-electron chi connectivity index (χ2n) is 6.70. The number of rotatable bonds is 6. The van der Waals surface area contributed by atoms with E-state index in [1.807, 2.05) is 6.07 Å². The van der Waals surface area contributed by atoms with Gasteiger partial charge in [0.15, 0.2) is 0 Å². The molecule has 3 rings (SSSR count). The van der Waals surface area contributed by atoms with Crippen LogP contribution in [0, 0.1) is 0 Å². The van der Waals surface area contributed by atoms with Crippen LogP contribution in [0.15, 0.2) is 35.4 Å². The van der Waals surface area contributed by atoms with Crippen LogP contribution in [-0.4, -0.2) is 34.0 Å². The number of benzene rings is 1. The van der Waals surface area contributed by atoms with Gasteiger partial charge in [-0.15, -0.1) is 0 Å². The molecule has 0 spiro atoms. The molecule has 1 heterocycles. The number of nitrogens with one attached hydrogen (secondary N) is 2. The van der Waals surface area contributed by atoms with Crippen LogP contribution in [-0.2, 0) is 16.1 Å². The second kappa shape index (κ2) is 8.60. The Morgan fingerprint density at radius 3 is 2.69 bits per heavy atom. The highest BCUT2D eigenvalue weighted by atomic mass is 16.2. The van der Waals surface area contributed by atoms with Crippen LogP contribution in [0.3, 0.4) is 0 Å². The normalized spacial score (nSPS) is 14.9. The predicted octanol–water partition coefficient (Wildman–Crippen LogP) is 1.35. The zero-order chi connectivity index (χ0) is 18.4. The molecule has 0 aliphatic heterocycles. The third-order valence-corrected chi connectivity index (χ3v) is 4.69. The van der Waals surface area contributed by atoms with E-state index in [0.717, 1.165) is 25.7 Å². The quantitative estimate of drug-likeness (QED) is 0.817. The van der Waals surface area contributed by atoms with E-state index in [-0.39, 0.29) is 42.9 Å². The minimum atomic E-state index is -0.311. The van der Waals surface area contributed by atoms with Crippen molar-refractivity contribution in [3.05, 3.63) is 40.9 Å². The third kappa shape index (κ3) is 4.68. The minimum Gasteiger partial charge on any atom is -0.354 e. The lowest BCUT2D eigenvalue weighted by Crippen LogP contribution is -2.39. The third-order valence-electron chi connectivity index (χ3n) is 4.69. The summed E-state index contributed by atoms with van der Waals surface area (Å²) in [5.41, 5.74) is 0.356. The number of amides is 2. The zero-order valence-corrected chi connectivity index (χ0v) is 14.7. The Morgan fingerprint density at radius 1 is 1.12 bits per heavy atom. The molecule has 1 saturated carbocycles. The van der Waals surface area contributed by atoms with Gasteiger partial charge in [-0.1, -0.05) is 31.4 Å². The molecule has 2 amide bonds. The van der Waals surface area contributed by atoms with E-state index in [4.69, 9.17) is 0 Å². The van der Waals surface area contributed by atoms with Crippen LogP contribution >= 0.6 is 0 Å². The summed E-state index contributed by atoms with van der Waals surface area (Å²) in [4.78, 5) is 40.5. The molecule has 138 valence electrons. The Kier molecular flexibility index (Phi) is 5.99. The number of fused-ring (bicyclic) bond motifs is 1. The first-order valence-corrected chi connectivity index (χ1v) is 9.14. The first kappa shape index (κ1) is 18.1. The van der Waals surface area contributed by atoms with E-state index < -0.39 is 0 Å². The van der Waals surface area contributed by atoms with Gasteiger partial charge in [-0.3, -0.25) is 19.0 Å². The first-order valence-electron chi connectivity index (χ1n) is 9.14. The van der Waals surface area contributed by atoms with Crippen molar-refractivity contribution in [2.45, 2.75) is 51.1 Å². The topological polar surface area (TPSA) is 93.1 Å². The molecule has 7 nitrogen and oxygen atoms in total. The maximum Gasteiger partial charge on any atom is 0.261 e. The van der Waals surface area contributed by atoms with Gasteiger partial charge in [-0.25, -0.2) is 4.98 Å². The van der Waals surface area contributed by atoms with Crippen molar-refractivity contribution in [1.82, 2.24) is 20.2 Å². The Morgan fingerprint density at radius 2 is 1.88 bits per heavy atom. The maximum atomic E-state index is 12.3. The van der Waals surface area contributed by atoms with Gasteiger partial charge in [0.05, 0.1) is 17.2 Å². The van der Waals surface area contributed by atoms with Crippen molar-refractivity contribution in [2.75, 3.05) is 6.54 Å². The molecule has 0 bridgehead atoms. The van der Waals surface area contributed by atoms with Crippen LogP contribution in [0.4, 0.5) is 0 Å². The standard InChI is InChI=1S/C19H24N4O3/c24-17(22-14-6-2-1-3-7-14)10-11-20-18(25)12-23-13-21-16-9-5-4-8-15(16)19(23)26/h4-5,8-9,13-14H,1-3,6-7,10-12H2,(H,20,25)(H,22,24). The fraction of sp³-hybridized carbons (Fsp3) is 0.474. The Labute approximate surface area is 151 Å². The van der Waals surface area contributed by atoms with E-state index >= 15 is 0 Å². The lowest BCUT2D eigenvalue weighted by atomic mass is 9.95. The average molecular weight is 356 g/mol. The molecule has 0 saturated heterocycles. The molecule has 1 fully saturated rings. The van der Waals surface area contributed by atoms with Crippen molar-refractivity contribution in [3.8, 4) is 0 Å². The summed E-state index contributed by atoms with van der Waals surface area (Å²) in [5.74, 6) is -0.351. The molecule has 0 radical (unpaired) electrons. The van der Waals surface area contributed by atoms with Crippen molar-refractivity contribution < 1.29 is 9.59 Å². The molecule has 1 aliphatic rings. The largest absolute Gasteiger partial charge is 0.354 e. The summed E-state index contributed by atoms with van der Waals surface area (Å²) in [6.45, 7) is 0.147. The Balaban J connectivity index is 1.46. The molecule has 2 N–H and O–H groups in total. The number of nitrogens with zero attached hydrogens (tertiary/aromatic N) is 2. The first-order chi connectivity index (χ1) is 12.6. The summed E-state index contributed by atoms with van der Waals surface area (Å²) in [6, 6.07) is 7.29. The highest BCUT2D eigenvalue weighted by Gasteiger charge is 2.15. The summed E-state index contributed by atoms with van der Waals surface area (Å²) in [5, 5.41) is 6.18. The van der Waals surface area contributed by atoms with E-state index in [1.54, 1.807) is 18.2 Å². The van der Waals surface area contributed by atoms with Crippen molar-refractivity contribution >= 4 is 22.7 Å². The van der Waals surface area contributed by atoms with E-state index in [9.17, 15) is 14.4 Å². The predicted molar refractivity (Wildman–Crippen MR) is 98.6 cm³/mol. The average Bonchev–Trinajstić information content (AvgIpc) is 2.65. The zero-order valence-electron chi connectivity index (χ0n) is 14.7. The molecule has 0 atom stereocenters. The smallest absolute Gasteiger partial charge is 0.261 e. The van der Waals surface area contributed by atoms with Gasteiger partial charge in [0, 0.05) is 19.0 Å². The maximum absolute atomic E-state index is 12.3. The summed E-state index contributed by atoms with van der Waals surface area (Å²) in [7, 11) is 0. The SMILES string of the molecule is O=C(Cn1cnc2ccccc2c1=O)NCCC(=O)NC1CCCCC1. The van der Waals surface area contributed by atoms with Crippen molar-refractivity contribution in [1.29, 1.82) is 0 Å². The highest BCUT2D eigenvalue weighted by Crippen LogP contribution is 2.17. The summed E-state index contributed by atoms with van der Waals surface area (Å²) >= 11 is 0. The molecule has 26 heavy (non-hydrogen) atoms. The lowest BCUT2D eigenvalue weighted by Gasteiger charge is -2.22. The van der Waals surface area contributed by atoms with Crippen LogP contribution in [0.1, 0.15) is 38.5 Å². The monoisotopic (exact) mass is 356 g/mol. The number of hydrogen-bond donors (Lipinski definition) is 2. The van der Waals surface area contributed by atoms with Gasteiger partial charge in [0.1, 0.15) is 6.54 Å². The second-order valence-corrected chi connectivity index (χ2v) is 6.70. The van der Waals surface area contributed by atoms with Crippen LogP contribution < -0.4 is 16.2 Å². The lowest BCUT2D eigenvalue weighted by molar-refractivity contribution is -0.123. The van der Waals surface area contributed by atoms with Gasteiger partial charge >= 0.3 is 0 Å². The van der Waals surface area contributed by atoms with Crippen LogP contribution in [0.25, 0.3) is 10.9 Å². The fourth-order valence-electron chi connectivity index (χ4n) is 3.29. The number of carbonyl (C=O) groups is 2. The molecule has 1 aromatic heterocycles. The molecule has 7 heteroatoms.